The third kappa shape index (κ3) is 3.26. The summed E-state index contributed by atoms with van der Waals surface area (Å²) < 4.78 is 39.7. The highest BCUT2D eigenvalue weighted by atomic mass is 35.5. The molecular formula is C14H12ClF3N2O. The first-order valence-electron chi connectivity index (χ1n) is 6.17. The Balaban J connectivity index is 2.77. The lowest BCUT2D eigenvalue weighted by molar-refractivity contribution is -0.139. The van der Waals surface area contributed by atoms with Gasteiger partial charge in [0.1, 0.15) is 5.56 Å². The van der Waals surface area contributed by atoms with Crippen molar-refractivity contribution in [3.8, 4) is 5.69 Å². The number of halogens is 4. The maximum Gasteiger partial charge on any atom is 0.421 e. The van der Waals surface area contributed by atoms with Gasteiger partial charge in [-0.2, -0.15) is 23.0 Å². The van der Waals surface area contributed by atoms with Crippen LogP contribution in [0.1, 0.15) is 31.0 Å². The van der Waals surface area contributed by atoms with E-state index in [4.69, 9.17) is 11.6 Å². The van der Waals surface area contributed by atoms with Crippen molar-refractivity contribution < 1.29 is 13.2 Å². The van der Waals surface area contributed by atoms with Crippen LogP contribution in [0.5, 0.6) is 0 Å². The van der Waals surface area contributed by atoms with Crippen LogP contribution in [0.15, 0.2) is 35.1 Å². The second-order valence-corrected chi connectivity index (χ2v) is 5.27. The molecule has 2 rings (SSSR count). The molecule has 0 aliphatic heterocycles. The van der Waals surface area contributed by atoms with Gasteiger partial charge in [0, 0.05) is 5.02 Å². The summed E-state index contributed by atoms with van der Waals surface area (Å²) in [5.41, 5.74) is -2.07. The molecule has 0 amide bonds. The fourth-order valence-electron chi connectivity index (χ4n) is 1.78. The van der Waals surface area contributed by atoms with E-state index in [9.17, 15) is 18.0 Å². The number of alkyl halides is 3. The summed E-state index contributed by atoms with van der Waals surface area (Å²) in [6.07, 6.45) is -4.73. The first-order valence-corrected chi connectivity index (χ1v) is 6.55. The lowest BCUT2D eigenvalue weighted by Gasteiger charge is -2.14. The topological polar surface area (TPSA) is 34.9 Å². The molecule has 1 aromatic heterocycles. The van der Waals surface area contributed by atoms with Crippen LogP contribution in [0, 0.1) is 0 Å². The molecule has 112 valence electrons. The largest absolute Gasteiger partial charge is 0.421 e. The van der Waals surface area contributed by atoms with Crippen LogP contribution in [-0.2, 0) is 6.18 Å². The van der Waals surface area contributed by atoms with E-state index < -0.39 is 17.3 Å². The fourth-order valence-corrected chi connectivity index (χ4v) is 1.97. The number of nitrogens with zero attached hydrogens (tertiary/aromatic N) is 2. The molecule has 0 radical (unpaired) electrons. The molecule has 0 N–H and O–H groups in total. The molecule has 7 heteroatoms. The minimum absolute atomic E-state index is 0.182. The van der Waals surface area contributed by atoms with E-state index in [0.29, 0.717) is 5.02 Å². The summed E-state index contributed by atoms with van der Waals surface area (Å²) in [5, 5.41) is 4.31. The molecule has 0 aliphatic rings. The van der Waals surface area contributed by atoms with Gasteiger partial charge in [0.05, 0.1) is 11.4 Å². The summed E-state index contributed by atoms with van der Waals surface area (Å²) in [6.45, 7) is 3.41. The Hall–Kier alpha value is -1.82. The van der Waals surface area contributed by atoms with Crippen LogP contribution in [0.4, 0.5) is 13.2 Å². The Kier molecular flexibility index (Phi) is 4.09. The number of rotatable bonds is 2. The average molecular weight is 317 g/mol. The normalized spacial score (nSPS) is 12.0. The van der Waals surface area contributed by atoms with Crippen molar-refractivity contribution in [2.45, 2.75) is 25.9 Å². The molecule has 0 spiro atoms. The van der Waals surface area contributed by atoms with Gasteiger partial charge < -0.3 is 0 Å². The van der Waals surface area contributed by atoms with Crippen molar-refractivity contribution in [3.05, 3.63) is 57.0 Å². The predicted octanol–water partition coefficient (Wildman–Crippen LogP) is 4.03. The van der Waals surface area contributed by atoms with E-state index in [-0.39, 0.29) is 17.3 Å². The van der Waals surface area contributed by atoms with Gasteiger partial charge in [-0.05, 0) is 30.2 Å². The molecule has 0 saturated carbocycles. The van der Waals surface area contributed by atoms with Gasteiger partial charge in [-0.25, -0.2) is 0 Å². The Bertz CT molecular complexity index is 723. The third-order valence-corrected chi connectivity index (χ3v) is 3.12. The van der Waals surface area contributed by atoms with Crippen molar-refractivity contribution >= 4 is 11.6 Å². The van der Waals surface area contributed by atoms with Gasteiger partial charge in [0.2, 0.25) is 0 Å². The van der Waals surface area contributed by atoms with Gasteiger partial charge in [0.15, 0.2) is 0 Å². The van der Waals surface area contributed by atoms with Crippen molar-refractivity contribution in [2.24, 2.45) is 0 Å². The van der Waals surface area contributed by atoms with Gasteiger partial charge in [-0.1, -0.05) is 31.5 Å². The van der Waals surface area contributed by atoms with Gasteiger partial charge >= 0.3 is 6.18 Å². The molecule has 0 atom stereocenters. The second-order valence-electron chi connectivity index (χ2n) is 4.83. The van der Waals surface area contributed by atoms with E-state index in [1.807, 2.05) is 0 Å². The third-order valence-electron chi connectivity index (χ3n) is 2.88. The molecule has 3 nitrogen and oxygen atoms in total. The molecule has 0 bridgehead atoms. The van der Waals surface area contributed by atoms with Crippen LogP contribution >= 0.6 is 11.6 Å². The van der Waals surface area contributed by atoms with Gasteiger partial charge in [-0.15, -0.1) is 0 Å². The highest BCUT2D eigenvalue weighted by Gasteiger charge is 2.35. The maximum atomic E-state index is 13.0. The quantitative estimate of drug-likeness (QED) is 0.838. The molecule has 21 heavy (non-hydrogen) atoms. The van der Waals surface area contributed by atoms with Gasteiger partial charge in [-0.3, -0.25) is 4.79 Å². The van der Waals surface area contributed by atoms with E-state index in [2.05, 4.69) is 5.10 Å². The molecule has 0 unspecified atom stereocenters. The number of aromatic nitrogens is 2. The number of benzene rings is 1. The first-order chi connectivity index (χ1) is 9.70. The van der Waals surface area contributed by atoms with Crippen LogP contribution in [0.25, 0.3) is 5.69 Å². The standard InChI is InChI=1S/C14H12ClF3N2O/c1-8(2)12-7-11(14(16,17)18)13(21)20(19-12)10-5-3-4-9(15)6-10/h3-8H,1-2H3. The minimum atomic E-state index is -4.73. The van der Waals surface area contributed by atoms with Crippen LogP contribution in [-0.4, -0.2) is 9.78 Å². The van der Waals surface area contributed by atoms with E-state index in [1.165, 1.54) is 12.1 Å². The predicted molar refractivity (Wildman–Crippen MR) is 73.9 cm³/mol. The molecule has 1 heterocycles. The Morgan fingerprint density at radius 1 is 1.24 bits per heavy atom. The maximum absolute atomic E-state index is 13.0. The first kappa shape index (κ1) is 15.6. The van der Waals surface area contributed by atoms with Crippen molar-refractivity contribution in [2.75, 3.05) is 0 Å². The highest BCUT2D eigenvalue weighted by Crippen LogP contribution is 2.28. The summed E-state index contributed by atoms with van der Waals surface area (Å²) in [4.78, 5) is 12.0. The monoisotopic (exact) mass is 316 g/mol. The van der Waals surface area contributed by atoms with Crippen LogP contribution < -0.4 is 5.56 Å². The molecule has 0 saturated heterocycles. The minimum Gasteiger partial charge on any atom is -0.267 e. The SMILES string of the molecule is CC(C)c1cc(C(F)(F)F)c(=O)n(-c2cccc(Cl)c2)n1. The Morgan fingerprint density at radius 3 is 2.43 bits per heavy atom. The van der Waals surface area contributed by atoms with E-state index >= 15 is 0 Å². The lowest BCUT2D eigenvalue weighted by atomic mass is 10.1. The zero-order valence-electron chi connectivity index (χ0n) is 11.3. The summed E-state index contributed by atoms with van der Waals surface area (Å²) in [7, 11) is 0. The van der Waals surface area contributed by atoms with Crippen molar-refractivity contribution in [3.63, 3.8) is 0 Å². The Morgan fingerprint density at radius 2 is 1.90 bits per heavy atom. The smallest absolute Gasteiger partial charge is 0.267 e. The second kappa shape index (κ2) is 5.52. The molecule has 2 aromatic rings. The van der Waals surface area contributed by atoms with E-state index in [0.717, 1.165) is 10.7 Å². The Labute approximate surface area is 124 Å². The summed E-state index contributed by atoms with van der Waals surface area (Å²) in [5.74, 6) is -0.253. The number of hydrogen-bond acceptors (Lipinski definition) is 2. The van der Waals surface area contributed by atoms with Crippen LogP contribution in [0.3, 0.4) is 0 Å². The van der Waals surface area contributed by atoms with Crippen molar-refractivity contribution in [1.82, 2.24) is 9.78 Å². The lowest BCUT2D eigenvalue weighted by Crippen LogP contribution is -2.30. The number of hydrogen-bond donors (Lipinski definition) is 0. The highest BCUT2D eigenvalue weighted by molar-refractivity contribution is 6.30. The molecule has 0 fully saturated rings. The zero-order chi connectivity index (χ0) is 15.8. The van der Waals surface area contributed by atoms with Crippen molar-refractivity contribution in [1.29, 1.82) is 0 Å². The van der Waals surface area contributed by atoms with Gasteiger partial charge in [0.25, 0.3) is 5.56 Å². The summed E-state index contributed by atoms with van der Waals surface area (Å²) >= 11 is 5.81. The fraction of sp³-hybridized carbons (Fsp3) is 0.286. The average Bonchev–Trinajstić information content (AvgIpc) is 2.37. The molecular weight excluding hydrogens is 305 g/mol. The zero-order valence-corrected chi connectivity index (χ0v) is 12.0. The molecule has 1 aromatic carbocycles. The van der Waals surface area contributed by atoms with E-state index in [1.54, 1.807) is 26.0 Å². The summed E-state index contributed by atoms with van der Waals surface area (Å²) in [6, 6.07) is 6.77. The van der Waals surface area contributed by atoms with Crippen LogP contribution in [0.2, 0.25) is 5.02 Å². The molecule has 0 aliphatic carbocycles.